The van der Waals surface area contributed by atoms with E-state index < -0.39 is 5.79 Å². The smallest absolute Gasteiger partial charge is 0.254 e. The lowest BCUT2D eigenvalue weighted by atomic mass is 9.97. The molecule has 5 heteroatoms. The minimum atomic E-state index is -1.02. The quantitative estimate of drug-likeness (QED) is 0.557. The number of carbonyl (C=O) groups is 1. The van der Waals surface area contributed by atoms with Crippen molar-refractivity contribution >= 4 is 5.91 Å². The van der Waals surface area contributed by atoms with Crippen LogP contribution in [0.1, 0.15) is 32.6 Å². The summed E-state index contributed by atoms with van der Waals surface area (Å²) >= 11 is 0. The molecule has 1 saturated heterocycles. The van der Waals surface area contributed by atoms with Crippen molar-refractivity contribution < 1.29 is 14.3 Å². The average molecular weight is 242 g/mol. The third kappa shape index (κ3) is 2.98. The highest BCUT2D eigenvalue weighted by Gasteiger charge is 2.39. The molecule has 0 saturated carbocycles. The van der Waals surface area contributed by atoms with Crippen LogP contribution < -0.4 is 11.1 Å². The average Bonchev–Trinajstić information content (AvgIpc) is 2.38. The van der Waals surface area contributed by atoms with E-state index in [1.807, 2.05) is 0 Å². The fourth-order valence-electron chi connectivity index (χ4n) is 2.22. The molecule has 0 spiro atoms. The maximum Gasteiger partial charge on any atom is 0.254 e. The van der Waals surface area contributed by atoms with E-state index in [4.69, 9.17) is 15.2 Å². The second-order valence-electron chi connectivity index (χ2n) is 4.29. The first kappa shape index (κ1) is 14.0. The summed E-state index contributed by atoms with van der Waals surface area (Å²) in [6, 6.07) is 0. The van der Waals surface area contributed by atoms with Crippen molar-refractivity contribution in [3.8, 4) is 0 Å². The van der Waals surface area contributed by atoms with E-state index in [9.17, 15) is 4.79 Å². The zero-order valence-electron chi connectivity index (χ0n) is 10.8. The van der Waals surface area contributed by atoms with Gasteiger partial charge in [0.15, 0.2) is 0 Å². The number of ether oxygens (including phenoxy) is 2. The molecular formula is C12H22N2O3. The highest BCUT2D eigenvalue weighted by molar-refractivity contribution is 5.95. The summed E-state index contributed by atoms with van der Waals surface area (Å²) in [6.07, 6.45) is 3.57. The number of allylic oxidation sites excluding steroid dienone is 1. The highest BCUT2D eigenvalue weighted by Crippen LogP contribution is 2.30. The molecular weight excluding hydrogens is 220 g/mol. The molecule has 0 aromatic heterocycles. The molecule has 0 bridgehead atoms. The van der Waals surface area contributed by atoms with Gasteiger partial charge in [-0.1, -0.05) is 6.42 Å². The standard InChI is InChI=1S/C12H22N2O3/c1-9(13)10-11(15)14-8-6-4-5-7-12(10,16-2)17-3/h4-8,13H2,1-3H3,(H,14,15). The number of carbonyl (C=O) groups excluding carboxylic acids is 1. The van der Waals surface area contributed by atoms with Crippen molar-refractivity contribution in [3.05, 3.63) is 11.3 Å². The molecule has 1 heterocycles. The van der Waals surface area contributed by atoms with Crippen LogP contribution in [0, 0.1) is 0 Å². The number of hydrogen-bond acceptors (Lipinski definition) is 4. The Balaban J connectivity index is 3.16. The SMILES string of the molecule is COC1(OC)CCCCCNC(=O)C1=C(C)N. The fraction of sp³-hybridized carbons (Fsp3) is 0.750. The molecule has 3 N–H and O–H groups in total. The maximum atomic E-state index is 12.1. The molecule has 1 amide bonds. The van der Waals surface area contributed by atoms with Crippen LogP contribution in [0.4, 0.5) is 0 Å². The van der Waals surface area contributed by atoms with Gasteiger partial charge in [-0.05, 0) is 19.8 Å². The molecule has 0 atom stereocenters. The summed E-state index contributed by atoms with van der Waals surface area (Å²) in [4.78, 5) is 12.1. The zero-order valence-corrected chi connectivity index (χ0v) is 10.8. The number of nitrogens with two attached hydrogens (primary N) is 1. The first-order valence-corrected chi connectivity index (χ1v) is 5.92. The molecule has 0 aromatic rings. The lowest BCUT2D eigenvalue weighted by molar-refractivity contribution is -0.186. The highest BCUT2D eigenvalue weighted by atomic mass is 16.7. The van der Waals surface area contributed by atoms with E-state index in [1.165, 1.54) is 14.2 Å². The van der Waals surface area contributed by atoms with Gasteiger partial charge < -0.3 is 20.5 Å². The van der Waals surface area contributed by atoms with Crippen LogP contribution in [0.15, 0.2) is 11.3 Å². The van der Waals surface area contributed by atoms with E-state index in [0.29, 0.717) is 24.2 Å². The van der Waals surface area contributed by atoms with Gasteiger partial charge in [-0.2, -0.15) is 0 Å². The van der Waals surface area contributed by atoms with Crippen molar-refractivity contribution in [2.75, 3.05) is 20.8 Å². The summed E-state index contributed by atoms with van der Waals surface area (Å²) in [5.41, 5.74) is 6.65. The third-order valence-corrected chi connectivity index (χ3v) is 3.13. The second-order valence-corrected chi connectivity index (χ2v) is 4.29. The monoisotopic (exact) mass is 242 g/mol. The minimum Gasteiger partial charge on any atom is -0.402 e. The van der Waals surface area contributed by atoms with Gasteiger partial charge in [0.05, 0.1) is 5.57 Å². The molecule has 0 unspecified atom stereocenters. The number of amides is 1. The Bertz CT molecular complexity index is 305. The number of nitrogens with one attached hydrogen (secondary N) is 1. The van der Waals surface area contributed by atoms with Gasteiger partial charge in [-0.25, -0.2) is 0 Å². The van der Waals surface area contributed by atoms with Crippen molar-refractivity contribution in [3.63, 3.8) is 0 Å². The Morgan fingerprint density at radius 2 is 1.94 bits per heavy atom. The van der Waals surface area contributed by atoms with Crippen molar-refractivity contribution in [2.45, 2.75) is 38.4 Å². The first-order chi connectivity index (χ1) is 8.07. The summed E-state index contributed by atoms with van der Waals surface area (Å²) in [5.74, 6) is -1.22. The Morgan fingerprint density at radius 3 is 2.47 bits per heavy atom. The van der Waals surface area contributed by atoms with E-state index in [2.05, 4.69) is 5.32 Å². The maximum absolute atomic E-state index is 12.1. The topological polar surface area (TPSA) is 73.6 Å². The van der Waals surface area contributed by atoms with Gasteiger partial charge in [0, 0.05) is 32.9 Å². The molecule has 17 heavy (non-hydrogen) atoms. The van der Waals surface area contributed by atoms with Crippen LogP contribution in [0.5, 0.6) is 0 Å². The molecule has 0 aliphatic carbocycles. The van der Waals surface area contributed by atoms with Crippen molar-refractivity contribution in [2.24, 2.45) is 5.73 Å². The normalized spacial score (nSPS) is 24.3. The fourth-order valence-corrected chi connectivity index (χ4v) is 2.22. The van der Waals surface area contributed by atoms with E-state index in [0.717, 1.165) is 19.3 Å². The third-order valence-electron chi connectivity index (χ3n) is 3.13. The minimum absolute atomic E-state index is 0.199. The van der Waals surface area contributed by atoms with Crippen LogP contribution in [0.3, 0.4) is 0 Å². The van der Waals surface area contributed by atoms with Crippen LogP contribution >= 0.6 is 0 Å². The van der Waals surface area contributed by atoms with Gasteiger partial charge in [0.2, 0.25) is 5.79 Å². The van der Waals surface area contributed by atoms with Gasteiger partial charge in [0.1, 0.15) is 0 Å². The Kier molecular flexibility index (Phi) is 4.96. The number of hydrogen-bond donors (Lipinski definition) is 2. The largest absolute Gasteiger partial charge is 0.402 e. The Labute approximate surface area is 102 Å². The number of methoxy groups -OCH3 is 2. The molecule has 0 radical (unpaired) electrons. The number of rotatable bonds is 2. The van der Waals surface area contributed by atoms with Crippen LogP contribution in [0.25, 0.3) is 0 Å². The van der Waals surface area contributed by atoms with Gasteiger partial charge in [0.25, 0.3) is 5.91 Å². The predicted octanol–water partition coefficient (Wildman–Crippen LogP) is 0.898. The van der Waals surface area contributed by atoms with Crippen molar-refractivity contribution in [1.29, 1.82) is 0 Å². The van der Waals surface area contributed by atoms with Crippen LogP contribution in [-0.2, 0) is 14.3 Å². The van der Waals surface area contributed by atoms with Gasteiger partial charge in [-0.15, -0.1) is 0 Å². The lowest BCUT2D eigenvalue weighted by Gasteiger charge is -2.32. The molecule has 1 fully saturated rings. The molecule has 1 aliphatic heterocycles. The summed E-state index contributed by atoms with van der Waals surface area (Å²) < 4.78 is 10.9. The zero-order chi connectivity index (χ0) is 12.9. The first-order valence-electron chi connectivity index (χ1n) is 5.92. The predicted molar refractivity (Wildman–Crippen MR) is 65.1 cm³/mol. The lowest BCUT2D eigenvalue weighted by Crippen LogP contribution is -2.44. The van der Waals surface area contributed by atoms with E-state index in [1.54, 1.807) is 6.92 Å². The molecule has 1 aliphatic rings. The second kappa shape index (κ2) is 6.02. The molecule has 5 nitrogen and oxygen atoms in total. The van der Waals surface area contributed by atoms with Crippen LogP contribution in [-0.4, -0.2) is 32.5 Å². The van der Waals surface area contributed by atoms with Gasteiger partial charge >= 0.3 is 0 Å². The molecule has 0 aromatic carbocycles. The summed E-state index contributed by atoms with van der Waals surface area (Å²) in [7, 11) is 3.08. The molecule has 1 rings (SSSR count). The Hall–Kier alpha value is -1.07. The van der Waals surface area contributed by atoms with Crippen molar-refractivity contribution in [1.82, 2.24) is 5.32 Å². The Morgan fingerprint density at radius 1 is 1.29 bits per heavy atom. The van der Waals surface area contributed by atoms with E-state index in [-0.39, 0.29) is 5.91 Å². The molecule has 98 valence electrons. The van der Waals surface area contributed by atoms with Gasteiger partial charge in [-0.3, -0.25) is 4.79 Å². The van der Waals surface area contributed by atoms with E-state index >= 15 is 0 Å². The van der Waals surface area contributed by atoms with Crippen LogP contribution in [0.2, 0.25) is 0 Å². The summed E-state index contributed by atoms with van der Waals surface area (Å²) in [5, 5.41) is 2.84. The summed E-state index contributed by atoms with van der Waals surface area (Å²) in [6.45, 7) is 2.36.